The molecule has 3 fully saturated rings. The minimum Gasteiger partial charge on any atom is -0.463 e. The summed E-state index contributed by atoms with van der Waals surface area (Å²) >= 11 is 0. The Hall–Kier alpha value is -3.59. The fourth-order valence-corrected chi connectivity index (χ4v) is 10.1. The number of aliphatic hydroxyl groups excluding tert-OH is 2. The van der Waals surface area contributed by atoms with Crippen molar-refractivity contribution in [3.8, 4) is 0 Å². The monoisotopic (exact) mass is 993 g/mol. The van der Waals surface area contributed by atoms with E-state index in [2.05, 4.69) is 17.0 Å². The molecule has 3 heterocycles. The SMILES string of the molecule is CCC(=O)O[C@@H]1CC(=O)O[C@H](C)CCN(CCCCCc2ccccc2)C[C@H](O)[C@H](C)C[C@H](CC=O)[C@H](O[C@@H]2O[C@H](C)[C@@H](O[C@H]3C[C@@](C)(OC(C)=O)[C@@H](OC(=O)CC)[C@H](C)O3)[C@H](N(C)C)[C@H]2O)[C@H]1OC. The number of aldehydes is 1. The van der Waals surface area contributed by atoms with E-state index in [0.717, 1.165) is 38.5 Å². The van der Waals surface area contributed by atoms with Crippen LogP contribution in [-0.4, -0.2) is 176 Å². The van der Waals surface area contributed by atoms with E-state index in [-0.39, 0.29) is 38.0 Å². The third-order valence-electron chi connectivity index (χ3n) is 13.9. The second kappa shape index (κ2) is 28.6. The molecule has 16 atom stereocenters. The lowest BCUT2D eigenvalue weighted by atomic mass is 9.82. The Morgan fingerprint density at radius 2 is 1.60 bits per heavy atom. The van der Waals surface area contributed by atoms with Gasteiger partial charge in [-0.15, -0.1) is 0 Å². The molecule has 1 aromatic rings. The number of nitrogens with zero attached hydrogens (tertiary/aromatic N) is 2. The van der Waals surface area contributed by atoms with E-state index in [0.29, 0.717) is 19.5 Å². The van der Waals surface area contributed by atoms with Crippen molar-refractivity contribution in [1.29, 1.82) is 0 Å². The van der Waals surface area contributed by atoms with Crippen LogP contribution in [0.15, 0.2) is 30.3 Å². The first-order valence-corrected chi connectivity index (χ1v) is 25.4. The number of cyclic esters (lactones) is 1. The molecule has 0 amide bonds. The third-order valence-corrected chi connectivity index (χ3v) is 13.9. The number of benzene rings is 1. The molecule has 1 aromatic carbocycles. The van der Waals surface area contributed by atoms with Crippen LogP contribution in [0.1, 0.15) is 125 Å². The molecule has 0 bridgehead atoms. The van der Waals surface area contributed by atoms with Gasteiger partial charge in [-0.2, -0.15) is 0 Å². The topological polar surface area (TPSA) is 215 Å². The molecule has 0 spiro atoms. The van der Waals surface area contributed by atoms with Crippen molar-refractivity contribution in [2.75, 3.05) is 40.8 Å². The maximum absolute atomic E-state index is 13.8. The number of aryl methyl sites for hydroxylation is 1. The Morgan fingerprint density at radius 3 is 2.23 bits per heavy atom. The number of ether oxygens (including phenoxy) is 9. The number of rotatable bonds is 19. The molecule has 3 saturated heterocycles. The number of carbonyl (C=O) groups is 5. The maximum atomic E-state index is 13.8. The Labute approximate surface area is 415 Å². The highest BCUT2D eigenvalue weighted by molar-refractivity contribution is 5.73. The number of methoxy groups -OCH3 is 1. The molecule has 4 rings (SSSR count). The van der Waals surface area contributed by atoms with Gasteiger partial charge in [0.2, 0.25) is 0 Å². The van der Waals surface area contributed by atoms with Gasteiger partial charge in [0, 0.05) is 52.8 Å². The molecule has 3 aliphatic rings. The minimum absolute atomic E-state index is 0.00504. The van der Waals surface area contributed by atoms with E-state index in [4.69, 9.17) is 42.6 Å². The Balaban J connectivity index is 1.64. The molecule has 0 radical (unpaired) electrons. The first-order chi connectivity index (χ1) is 33.2. The minimum atomic E-state index is -1.42. The molecule has 2 N–H and O–H groups in total. The lowest BCUT2D eigenvalue weighted by Gasteiger charge is -2.50. The molecule has 398 valence electrons. The highest BCUT2D eigenvalue weighted by Crippen LogP contribution is 2.39. The van der Waals surface area contributed by atoms with Crippen molar-refractivity contribution in [1.82, 2.24) is 9.80 Å². The van der Waals surface area contributed by atoms with Crippen LogP contribution in [0, 0.1) is 11.8 Å². The first-order valence-electron chi connectivity index (χ1n) is 25.4. The smallest absolute Gasteiger partial charge is 0.309 e. The third kappa shape index (κ3) is 17.3. The van der Waals surface area contributed by atoms with Gasteiger partial charge in [-0.25, -0.2) is 0 Å². The van der Waals surface area contributed by atoms with Crippen LogP contribution >= 0.6 is 0 Å². The fraction of sp³-hybridized carbons (Fsp3) is 0.788. The normalized spacial score (nSPS) is 35.2. The Morgan fingerprint density at radius 1 is 0.914 bits per heavy atom. The number of aliphatic hydroxyl groups is 2. The number of esters is 4. The van der Waals surface area contributed by atoms with Crippen LogP contribution in [0.3, 0.4) is 0 Å². The number of β-amino-alcohol motifs (C(OH)–C–C–N with tert-alkyl or cyclic N) is 1. The van der Waals surface area contributed by atoms with Crippen molar-refractivity contribution < 1.29 is 76.8 Å². The molecular weight excluding hydrogens is 909 g/mol. The standard InChI is InChI=1S/C52H84N2O16/c1-12-41(58)66-40-29-43(60)63-33(4)23-26-54(25-19-15-18-22-37-20-16-14-17-21-37)31-39(57)32(3)28-38(24-27-55)48(49(40)62-11)69-51-46(61)45(53(9)10)47(34(5)65-51)68-44-30-52(8,70-36(7)56)50(35(6)64-44)67-42(59)13-2/h14,16-17,20-21,27,32-35,38-40,44-51,57,61H,12-13,15,18-19,22-26,28-31H2,1-11H3/t32-,33-,34-,35+,38+,39+,40-,44+,45-,46-,47-,48+,49+,50+,51+,52-/m1/s1. The van der Waals surface area contributed by atoms with Crippen LogP contribution in [0.4, 0.5) is 0 Å². The number of carbonyl (C=O) groups excluding carboxylic acids is 5. The second-order valence-corrected chi connectivity index (χ2v) is 19.9. The van der Waals surface area contributed by atoms with Gasteiger partial charge in [-0.05, 0) is 97.8 Å². The van der Waals surface area contributed by atoms with Gasteiger partial charge in [0.25, 0.3) is 0 Å². The van der Waals surface area contributed by atoms with Crippen LogP contribution in [-0.2, 0) is 73.0 Å². The van der Waals surface area contributed by atoms with E-state index in [1.54, 1.807) is 53.6 Å². The van der Waals surface area contributed by atoms with Gasteiger partial charge < -0.3 is 67.4 Å². The first kappa shape index (κ1) is 59.0. The van der Waals surface area contributed by atoms with Crippen LogP contribution in [0.2, 0.25) is 0 Å². The van der Waals surface area contributed by atoms with Crippen molar-refractivity contribution in [2.24, 2.45) is 11.8 Å². The number of hydrogen-bond acceptors (Lipinski definition) is 18. The predicted molar refractivity (Wildman–Crippen MR) is 257 cm³/mol. The van der Waals surface area contributed by atoms with Gasteiger partial charge in [0.15, 0.2) is 24.3 Å². The zero-order chi connectivity index (χ0) is 51.7. The van der Waals surface area contributed by atoms with E-state index >= 15 is 0 Å². The molecule has 18 heteroatoms. The Bertz CT molecular complexity index is 1770. The van der Waals surface area contributed by atoms with Crippen molar-refractivity contribution in [2.45, 2.75) is 211 Å². The second-order valence-electron chi connectivity index (χ2n) is 19.9. The molecule has 0 aromatic heterocycles. The van der Waals surface area contributed by atoms with Gasteiger partial charge in [0.1, 0.15) is 36.8 Å². The van der Waals surface area contributed by atoms with E-state index < -0.39 is 121 Å². The summed E-state index contributed by atoms with van der Waals surface area (Å²) in [6, 6.07) is 9.54. The van der Waals surface area contributed by atoms with Crippen molar-refractivity contribution >= 4 is 30.2 Å². The molecule has 0 aliphatic carbocycles. The number of unbranched alkanes of at least 4 members (excludes halogenated alkanes) is 2. The summed E-state index contributed by atoms with van der Waals surface area (Å²) in [5, 5.41) is 24.2. The number of hydrogen-bond donors (Lipinski definition) is 2. The summed E-state index contributed by atoms with van der Waals surface area (Å²) in [5.74, 6) is -3.38. The van der Waals surface area contributed by atoms with Gasteiger partial charge >= 0.3 is 23.9 Å². The average molecular weight is 993 g/mol. The summed E-state index contributed by atoms with van der Waals surface area (Å²) < 4.78 is 55.7. The molecule has 3 aliphatic heterocycles. The van der Waals surface area contributed by atoms with Crippen LogP contribution in [0.5, 0.6) is 0 Å². The lowest BCUT2D eigenvalue weighted by molar-refractivity contribution is -0.344. The summed E-state index contributed by atoms with van der Waals surface area (Å²) in [6.07, 6.45) is -7.05. The number of likely N-dealkylation sites (N-methyl/N-ethyl adjacent to an activating group) is 1. The molecule has 0 saturated carbocycles. The van der Waals surface area contributed by atoms with E-state index in [9.17, 15) is 34.2 Å². The predicted octanol–water partition coefficient (Wildman–Crippen LogP) is 4.94. The van der Waals surface area contributed by atoms with Gasteiger partial charge in [-0.1, -0.05) is 57.5 Å². The van der Waals surface area contributed by atoms with Crippen LogP contribution < -0.4 is 0 Å². The summed E-state index contributed by atoms with van der Waals surface area (Å²) in [5.41, 5.74) is -0.0306. The van der Waals surface area contributed by atoms with Crippen molar-refractivity contribution in [3.05, 3.63) is 35.9 Å². The average Bonchev–Trinajstić information content (AvgIpc) is 3.29. The highest BCUT2D eigenvalue weighted by atomic mass is 16.7. The molecule has 0 unspecified atom stereocenters. The summed E-state index contributed by atoms with van der Waals surface area (Å²) in [6.45, 7) is 15.0. The zero-order valence-corrected chi connectivity index (χ0v) is 43.5. The fourth-order valence-electron chi connectivity index (χ4n) is 10.1. The zero-order valence-electron chi connectivity index (χ0n) is 43.5. The summed E-state index contributed by atoms with van der Waals surface area (Å²) in [7, 11) is 4.90. The van der Waals surface area contributed by atoms with Gasteiger partial charge in [0.05, 0.1) is 36.9 Å². The van der Waals surface area contributed by atoms with E-state index in [1.165, 1.54) is 19.6 Å². The Kier molecular flexibility index (Phi) is 24.1. The molecular formula is C52H84N2O16. The van der Waals surface area contributed by atoms with E-state index in [1.807, 2.05) is 32.0 Å². The molecule has 18 nitrogen and oxygen atoms in total. The van der Waals surface area contributed by atoms with Crippen LogP contribution in [0.25, 0.3) is 0 Å². The summed E-state index contributed by atoms with van der Waals surface area (Å²) in [4.78, 5) is 68.2. The highest BCUT2D eigenvalue weighted by Gasteiger charge is 2.54. The quantitative estimate of drug-likeness (QED) is 0.0813. The van der Waals surface area contributed by atoms with Gasteiger partial charge in [-0.3, -0.25) is 19.2 Å². The van der Waals surface area contributed by atoms with Crippen molar-refractivity contribution in [3.63, 3.8) is 0 Å². The largest absolute Gasteiger partial charge is 0.463 e. The maximum Gasteiger partial charge on any atom is 0.309 e. The molecule has 70 heavy (non-hydrogen) atoms. The lowest BCUT2D eigenvalue weighted by Crippen LogP contribution is -2.66.